The zero-order chi connectivity index (χ0) is 14.0. The Bertz CT molecular complexity index is 569. The maximum Gasteiger partial charge on any atom is 0.240 e. The van der Waals surface area contributed by atoms with Crippen LogP contribution in [0.15, 0.2) is 18.5 Å². The van der Waals surface area contributed by atoms with Crippen molar-refractivity contribution in [2.24, 2.45) is 11.7 Å². The minimum atomic E-state index is -0.442. The van der Waals surface area contributed by atoms with E-state index in [0.29, 0.717) is 11.7 Å². The molecule has 6 heteroatoms. The Labute approximate surface area is 112 Å². The lowest BCUT2D eigenvalue weighted by Crippen LogP contribution is -2.24. The number of carbonyl (C=O) groups excluding carboxylic acids is 1. The predicted molar refractivity (Wildman–Crippen MR) is 72.3 cm³/mol. The quantitative estimate of drug-likeness (QED) is 0.855. The number of nitrogens with one attached hydrogen (secondary N) is 1. The van der Waals surface area contributed by atoms with Gasteiger partial charge in [0.05, 0.1) is 0 Å². The van der Waals surface area contributed by atoms with Crippen LogP contribution in [0.2, 0.25) is 0 Å². The van der Waals surface area contributed by atoms with E-state index in [2.05, 4.69) is 29.0 Å². The van der Waals surface area contributed by atoms with Crippen LogP contribution in [0.1, 0.15) is 32.5 Å². The molecule has 0 bridgehead atoms. The molecule has 2 heterocycles. The zero-order valence-corrected chi connectivity index (χ0v) is 11.4. The first kappa shape index (κ1) is 13.3. The van der Waals surface area contributed by atoms with Gasteiger partial charge in [0.25, 0.3) is 0 Å². The summed E-state index contributed by atoms with van der Waals surface area (Å²) >= 11 is 0. The van der Waals surface area contributed by atoms with Gasteiger partial charge >= 0.3 is 0 Å². The second-order valence-corrected chi connectivity index (χ2v) is 5.11. The lowest BCUT2D eigenvalue weighted by molar-refractivity contribution is -0.120. The van der Waals surface area contributed by atoms with Crippen molar-refractivity contribution in [1.82, 2.24) is 19.7 Å². The highest BCUT2D eigenvalue weighted by Gasteiger charge is 2.17. The zero-order valence-electron chi connectivity index (χ0n) is 11.4. The van der Waals surface area contributed by atoms with Crippen molar-refractivity contribution >= 4 is 5.91 Å². The Morgan fingerprint density at radius 3 is 2.84 bits per heavy atom. The van der Waals surface area contributed by atoms with Gasteiger partial charge in [-0.2, -0.15) is 5.10 Å². The molecule has 6 nitrogen and oxygen atoms in total. The number of rotatable bonds is 5. The van der Waals surface area contributed by atoms with E-state index < -0.39 is 11.9 Å². The highest BCUT2D eigenvalue weighted by molar-refractivity contribution is 5.78. The third-order valence-electron chi connectivity index (χ3n) is 2.99. The second kappa shape index (κ2) is 5.26. The van der Waals surface area contributed by atoms with Gasteiger partial charge in [-0.25, -0.2) is 4.98 Å². The van der Waals surface area contributed by atoms with Gasteiger partial charge in [-0.05, 0) is 25.3 Å². The minimum Gasteiger partial charge on any atom is -0.368 e. The molecule has 0 aliphatic heterocycles. The number of aromatic nitrogens is 4. The molecule has 1 amide bonds. The molecule has 0 saturated carbocycles. The fraction of sp³-hybridized carbons (Fsp3) is 0.462. The van der Waals surface area contributed by atoms with E-state index >= 15 is 0 Å². The van der Waals surface area contributed by atoms with E-state index in [1.807, 2.05) is 6.07 Å². The second-order valence-electron chi connectivity index (χ2n) is 5.11. The number of amides is 1. The number of nitrogens with two attached hydrogens (primary N) is 1. The first-order valence-electron chi connectivity index (χ1n) is 6.36. The summed E-state index contributed by atoms with van der Waals surface area (Å²) in [5, 5.41) is 7.25. The summed E-state index contributed by atoms with van der Waals surface area (Å²) in [6.45, 7) is 6.04. The first-order valence-corrected chi connectivity index (χ1v) is 6.36. The molecule has 0 fully saturated rings. The van der Waals surface area contributed by atoms with Crippen LogP contribution in [-0.4, -0.2) is 25.7 Å². The van der Waals surface area contributed by atoms with Crippen LogP contribution in [0.3, 0.4) is 0 Å². The summed E-state index contributed by atoms with van der Waals surface area (Å²) in [7, 11) is 0. The molecule has 0 radical (unpaired) electrons. The predicted octanol–water partition coefficient (Wildman–Crippen LogP) is 1.52. The molecule has 0 aliphatic carbocycles. The van der Waals surface area contributed by atoms with Gasteiger partial charge in [0, 0.05) is 18.1 Å². The average molecular weight is 261 g/mol. The largest absolute Gasteiger partial charge is 0.368 e. The van der Waals surface area contributed by atoms with Gasteiger partial charge in [0.1, 0.15) is 11.7 Å². The third-order valence-corrected chi connectivity index (χ3v) is 2.99. The van der Waals surface area contributed by atoms with Gasteiger partial charge in [0.15, 0.2) is 5.82 Å². The minimum absolute atomic E-state index is 0.391. The smallest absolute Gasteiger partial charge is 0.240 e. The molecular weight excluding hydrogens is 242 g/mol. The van der Waals surface area contributed by atoms with Gasteiger partial charge in [-0.1, -0.05) is 13.8 Å². The summed E-state index contributed by atoms with van der Waals surface area (Å²) in [4.78, 5) is 15.5. The number of aromatic amines is 1. The Kier molecular flexibility index (Phi) is 3.69. The molecule has 2 aromatic heterocycles. The fourth-order valence-electron chi connectivity index (χ4n) is 1.98. The van der Waals surface area contributed by atoms with E-state index in [4.69, 9.17) is 5.73 Å². The van der Waals surface area contributed by atoms with Crippen molar-refractivity contribution in [1.29, 1.82) is 0 Å². The summed E-state index contributed by atoms with van der Waals surface area (Å²) in [6, 6.07) is 1.52. The normalized spacial score (nSPS) is 12.8. The number of imidazole rings is 1. The molecule has 0 aromatic carbocycles. The van der Waals surface area contributed by atoms with Crippen LogP contribution < -0.4 is 5.73 Å². The summed E-state index contributed by atoms with van der Waals surface area (Å²) in [5.74, 6) is 0.812. The van der Waals surface area contributed by atoms with E-state index in [-0.39, 0.29) is 0 Å². The van der Waals surface area contributed by atoms with Crippen molar-refractivity contribution in [3.63, 3.8) is 0 Å². The van der Waals surface area contributed by atoms with Gasteiger partial charge in [0.2, 0.25) is 5.91 Å². The van der Waals surface area contributed by atoms with E-state index in [0.717, 1.165) is 17.8 Å². The molecule has 0 unspecified atom stereocenters. The van der Waals surface area contributed by atoms with Crippen molar-refractivity contribution < 1.29 is 4.79 Å². The van der Waals surface area contributed by atoms with Crippen LogP contribution >= 0.6 is 0 Å². The standard InChI is InChI=1S/C13H19N5O/c1-8(2)6-10-7-11(17-16-10)13-15-4-5-18(13)9(3)12(14)19/h4-5,7-9H,6H2,1-3H3,(H2,14,19)(H,16,17)/t9-/m0/s1. The number of H-pyrrole nitrogens is 1. The van der Waals surface area contributed by atoms with Crippen LogP contribution in [-0.2, 0) is 11.2 Å². The first-order chi connectivity index (χ1) is 8.99. The van der Waals surface area contributed by atoms with E-state index in [1.54, 1.807) is 23.9 Å². The highest BCUT2D eigenvalue weighted by atomic mass is 16.1. The van der Waals surface area contributed by atoms with E-state index in [9.17, 15) is 4.79 Å². The molecule has 1 atom stereocenters. The molecule has 0 aliphatic rings. The SMILES string of the molecule is CC(C)Cc1cc(-c2nccn2[C@@H](C)C(N)=O)n[nH]1. The molecule has 2 aromatic rings. The molecule has 2 rings (SSSR count). The van der Waals surface area contributed by atoms with Gasteiger partial charge < -0.3 is 10.3 Å². The van der Waals surface area contributed by atoms with Crippen LogP contribution in [0.5, 0.6) is 0 Å². The Hall–Kier alpha value is -2.11. The lowest BCUT2D eigenvalue weighted by Gasteiger charge is -2.11. The number of primary amides is 1. The lowest BCUT2D eigenvalue weighted by atomic mass is 10.1. The van der Waals surface area contributed by atoms with Crippen LogP contribution in [0, 0.1) is 5.92 Å². The Morgan fingerprint density at radius 1 is 1.47 bits per heavy atom. The third kappa shape index (κ3) is 2.83. The fourth-order valence-corrected chi connectivity index (χ4v) is 1.98. The average Bonchev–Trinajstić information content (AvgIpc) is 2.94. The van der Waals surface area contributed by atoms with Crippen molar-refractivity contribution in [3.05, 3.63) is 24.2 Å². The van der Waals surface area contributed by atoms with Crippen molar-refractivity contribution in [2.45, 2.75) is 33.2 Å². The van der Waals surface area contributed by atoms with Gasteiger partial charge in [-0.3, -0.25) is 9.89 Å². The van der Waals surface area contributed by atoms with Crippen LogP contribution in [0.25, 0.3) is 11.5 Å². The monoisotopic (exact) mass is 261 g/mol. The molecule has 19 heavy (non-hydrogen) atoms. The highest BCUT2D eigenvalue weighted by Crippen LogP contribution is 2.20. The number of hydrogen-bond donors (Lipinski definition) is 2. The van der Waals surface area contributed by atoms with Crippen molar-refractivity contribution in [3.8, 4) is 11.5 Å². The number of hydrogen-bond acceptors (Lipinski definition) is 3. The molecule has 3 N–H and O–H groups in total. The topological polar surface area (TPSA) is 89.6 Å². The maximum absolute atomic E-state index is 11.3. The molecular formula is C13H19N5O. The summed E-state index contributed by atoms with van der Waals surface area (Å²) < 4.78 is 1.73. The Morgan fingerprint density at radius 2 is 2.21 bits per heavy atom. The molecule has 0 spiro atoms. The molecule has 102 valence electrons. The van der Waals surface area contributed by atoms with Crippen molar-refractivity contribution in [2.75, 3.05) is 0 Å². The number of carbonyl (C=O) groups is 1. The Balaban J connectivity index is 2.30. The van der Waals surface area contributed by atoms with Crippen LogP contribution in [0.4, 0.5) is 0 Å². The summed E-state index contributed by atoms with van der Waals surface area (Å²) in [6.07, 6.45) is 4.31. The van der Waals surface area contributed by atoms with Gasteiger partial charge in [-0.15, -0.1) is 0 Å². The summed E-state index contributed by atoms with van der Waals surface area (Å²) in [5.41, 5.74) is 7.12. The maximum atomic E-state index is 11.3. The molecule has 0 saturated heterocycles. The van der Waals surface area contributed by atoms with E-state index in [1.165, 1.54) is 0 Å². The number of nitrogens with zero attached hydrogens (tertiary/aromatic N) is 3.